The number of carbonyl (C=O) groups excluding carboxylic acids is 1. The highest BCUT2D eigenvalue weighted by molar-refractivity contribution is 5.96. The second kappa shape index (κ2) is 6.45. The minimum absolute atomic E-state index is 0.336. The number of rotatable bonds is 3. The van der Waals surface area contributed by atoms with Gasteiger partial charge < -0.3 is 15.4 Å². The van der Waals surface area contributed by atoms with Crippen LogP contribution < -0.4 is 10.6 Å². The summed E-state index contributed by atoms with van der Waals surface area (Å²) in [6.07, 6.45) is 4.99. The molecule has 0 aromatic heterocycles. The van der Waals surface area contributed by atoms with Gasteiger partial charge in [-0.3, -0.25) is 0 Å². The Morgan fingerprint density at radius 1 is 1.26 bits per heavy atom. The second-order valence-electron chi connectivity index (χ2n) is 4.89. The molecule has 0 aliphatic carbocycles. The quantitative estimate of drug-likeness (QED) is 0.672. The van der Waals surface area contributed by atoms with Gasteiger partial charge in [0.2, 0.25) is 0 Å². The van der Waals surface area contributed by atoms with E-state index < -0.39 is 0 Å². The molecule has 0 radical (unpaired) electrons. The number of hydrogen-bond acceptors (Lipinski definition) is 4. The van der Waals surface area contributed by atoms with Crippen LogP contribution in [-0.2, 0) is 4.74 Å². The van der Waals surface area contributed by atoms with Gasteiger partial charge in [-0.05, 0) is 38.0 Å². The van der Waals surface area contributed by atoms with Crippen LogP contribution in [-0.4, -0.2) is 25.7 Å². The van der Waals surface area contributed by atoms with E-state index in [9.17, 15) is 4.79 Å². The van der Waals surface area contributed by atoms with Crippen LogP contribution in [0.5, 0.6) is 0 Å². The molecule has 1 aliphatic rings. The fourth-order valence-corrected chi connectivity index (χ4v) is 2.46. The Bertz CT molecular complexity index is 438. The molecule has 4 nitrogen and oxygen atoms in total. The first-order valence-electron chi connectivity index (χ1n) is 7.04. The van der Waals surface area contributed by atoms with E-state index in [-0.39, 0.29) is 5.97 Å². The molecule has 19 heavy (non-hydrogen) atoms. The standard InChI is InChI=1S/C15H22N2O2/c1-2-19-15(18)13-11-12(7-8-14(13)16)17-9-5-3-4-6-10-17/h7-8,11H,2-6,9-10,16H2,1H3. The van der Waals surface area contributed by atoms with Gasteiger partial charge in [-0.1, -0.05) is 12.8 Å². The number of nitrogens with zero attached hydrogens (tertiary/aromatic N) is 1. The zero-order chi connectivity index (χ0) is 13.7. The molecule has 1 aromatic rings. The van der Waals surface area contributed by atoms with Gasteiger partial charge in [0.15, 0.2) is 0 Å². The van der Waals surface area contributed by atoms with Crippen molar-refractivity contribution < 1.29 is 9.53 Å². The first kappa shape index (κ1) is 13.7. The normalized spacial score (nSPS) is 15.9. The third-order valence-corrected chi connectivity index (χ3v) is 3.50. The van der Waals surface area contributed by atoms with Gasteiger partial charge in [0.25, 0.3) is 0 Å². The lowest BCUT2D eigenvalue weighted by Crippen LogP contribution is -2.24. The van der Waals surface area contributed by atoms with E-state index in [4.69, 9.17) is 10.5 Å². The first-order valence-corrected chi connectivity index (χ1v) is 7.04. The summed E-state index contributed by atoms with van der Waals surface area (Å²) in [5.41, 5.74) is 7.89. The van der Waals surface area contributed by atoms with Crippen molar-refractivity contribution in [3.63, 3.8) is 0 Å². The Morgan fingerprint density at radius 3 is 2.58 bits per heavy atom. The lowest BCUT2D eigenvalue weighted by molar-refractivity contribution is 0.0527. The van der Waals surface area contributed by atoms with Crippen LogP contribution in [0.1, 0.15) is 43.0 Å². The van der Waals surface area contributed by atoms with Gasteiger partial charge in [-0.15, -0.1) is 0 Å². The predicted molar refractivity (Wildman–Crippen MR) is 77.5 cm³/mol. The molecule has 0 atom stereocenters. The zero-order valence-electron chi connectivity index (χ0n) is 11.5. The molecule has 1 fully saturated rings. The van der Waals surface area contributed by atoms with E-state index in [0.717, 1.165) is 18.8 Å². The van der Waals surface area contributed by atoms with E-state index in [2.05, 4.69) is 4.90 Å². The number of anilines is 2. The number of ether oxygens (including phenoxy) is 1. The third kappa shape index (κ3) is 3.40. The fraction of sp³-hybridized carbons (Fsp3) is 0.533. The summed E-state index contributed by atoms with van der Waals surface area (Å²) in [6, 6.07) is 5.65. The lowest BCUT2D eigenvalue weighted by atomic mass is 10.1. The summed E-state index contributed by atoms with van der Waals surface area (Å²) in [6.45, 7) is 4.26. The maximum Gasteiger partial charge on any atom is 0.340 e. The van der Waals surface area contributed by atoms with Crippen LogP contribution in [0.2, 0.25) is 0 Å². The Labute approximate surface area is 114 Å². The summed E-state index contributed by atoms with van der Waals surface area (Å²) in [4.78, 5) is 14.2. The molecule has 1 saturated heterocycles. The molecule has 0 amide bonds. The van der Waals surface area contributed by atoms with Crippen molar-refractivity contribution in [2.24, 2.45) is 0 Å². The molecule has 0 unspecified atom stereocenters. The van der Waals surface area contributed by atoms with Crippen molar-refractivity contribution in [3.8, 4) is 0 Å². The van der Waals surface area contributed by atoms with Crippen molar-refractivity contribution >= 4 is 17.3 Å². The number of nitrogens with two attached hydrogens (primary N) is 1. The molecule has 1 heterocycles. The van der Waals surface area contributed by atoms with Gasteiger partial charge in [0.1, 0.15) is 0 Å². The van der Waals surface area contributed by atoms with Crippen molar-refractivity contribution in [1.29, 1.82) is 0 Å². The van der Waals surface area contributed by atoms with E-state index in [1.807, 2.05) is 12.1 Å². The highest BCUT2D eigenvalue weighted by atomic mass is 16.5. The number of esters is 1. The molecule has 0 saturated carbocycles. The Hall–Kier alpha value is -1.71. The van der Waals surface area contributed by atoms with Gasteiger partial charge in [-0.25, -0.2) is 4.79 Å². The summed E-state index contributed by atoms with van der Waals surface area (Å²) in [5.74, 6) is -0.336. The predicted octanol–water partition coefficient (Wildman–Crippen LogP) is 2.83. The van der Waals surface area contributed by atoms with Crippen LogP contribution in [0.3, 0.4) is 0 Å². The summed E-state index contributed by atoms with van der Waals surface area (Å²) >= 11 is 0. The van der Waals surface area contributed by atoms with Gasteiger partial charge in [0.05, 0.1) is 12.2 Å². The summed E-state index contributed by atoms with van der Waals surface area (Å²) in [5, 5.41) is 0. The molecule has 1 aromatic carbocycles. The smallest absolute Gasteiger partial charge is 0.340 e. The largest absolute Gasteiger partial charge is 0.462 e. The molecule has 0 bridgehead atoms. The average Bonchev–Trinajstić information content (AvgIpc) is 2.68. The SMILES string of the molecule is CCOC(=O)c1cc(N2CCCCCC2)ccc1N. The van der Waals surface area contributed by atoms with E-state index in [0.29, 0.717) is 17.9 Å². The average molecular weight is 262 g/mol. The number of benzene rings is 1. The Kier molecular flexibility index (Phi) is 4.66. The lowest BCUT2D eigenvalue weighted by Gasteiger charge is -2.23. The van der Waals surface area contributed by atoms with Gasteiger partial charge >= 0.3 is 5.97 Å². The van der Waals surface area contributed by atoms with Crippen molar-refractivity contribution in [3.05, 3.63) is 23.8 Å². The van der Waals surface area contributed by atoms with Crippen LogP contribution in [0.25, 0.3) is 0 Å². The van der Waals surface area contributed by atoms with Crippen LogP contribution >= 0.6 is 0 Å². The molecule has 1 aliphatic heterocycles. The maximum absolute atomic E-state index is 11.8. The molecular weight excluding hydrogens is 240 g/mol. The first-order chi connectivity index (χ1) is 9.22. The van der Waals surface area contributed by atoms with Crippen LogP contribution in [0, 0.1) is 0 Å². The minimum Gasteiger partial charge on any atom is -0.462 e. The number of hydrogen-bond donors (Lipinski definition) is 1. The second-order valence-corrected chi connectivity index (χ2v) is 4.89. The zero-order valence-corrected chi connectivity index (χ0v) is 11.5. The van der Waals surface area contributed by atoms with E-state index in [1.54, 1.807) is 13.0 Å². The fourth-order valence-electron chi connectivity index (χ4n) is 2.46. The Balaban J connectivity index is 2.21. The Morgan fingerprint density at radius 2 is 1.95 bits per heavy atom. The highest BCUT2D eigenvalue weighted by Gasteiger charge is 2.15. The topological polar surface area (TPSA) is 55.6 Å². The molecular formula is C15H22N2O2. The molecule has 4 heteroatoms. The maximum atomic E-state index is 11.8. The minimum atomic E-state index is -0.336. The van der Waals surface area contributed by atoms with Crippen molar-refractivity contribution in [2.75, 3.05) is 30.3 Å². The highest BCUT2D eigenvalue weighted by Crippen LogP contribution is 2.24. The van der Waals surface area contributed by atoms with Crippen molar-refractivity contribution in [2.45, 2.75) is 32.6 Å². The molecule has 0 spiro atoms. The summed E-state index contributed by atoms with van der Waals surface area (Å²) < 4.78 is 5.04. The molecule has 2 rings (SSSR count). The van der Waals surface area contributed by atoms with E-state index in [1.165, 1.54) is 25.7 Å². The van der Waals surface area contributed by atoms with E-state index >= 15 is 0 Å². The molecule has 104 valence electrons. The monoisotopic (exact) mass is 262 g/mol. The summed E-state index contributed by atoms with van der Waals surface area (Å²) in [7, 11) is 0. The number of nitrogen functional groups attached to an aromatic ring is 1. The van der Waals surface area contributed by atoms with Gasteiger partial charge in [0, 0.05) is 24.5 Å². The van der Waals surface area contributed by atoms with Crippen LogP contribution in [0.4, 0.5) is 11.4 Å². The van der Waals surface area contributed by atoms with Crippen molar-refractivity contribution in [1.82, 2.24) is 0 Å². The third-order valence-electron chi connectivity index (χ3n) is 3.50. The molecule has 2 N–H and O–H groups in total. The van der Waals surface area contributed by atoms with Gasteiger partial charge in [-0.2, -0.15) is 0 Å². The van der Waals surface area contributed by atoms with Crippen LogP contribution in [0.15, 0.2) is 18.2 Å². The number of carbonyl (C=O) groups is 1.